The molecule has 1 atom stereocenters. The minimum absolute atomic E-state index is 0.0326. The van der Waals surface area contributed by atoms with Crippen molar-refractivity contribution >= 4 is 45.5 Å². The molecule has 3 aliphatic heterocycles. The van der Waals surface area contributed by atoms with Crippen LogP contribution in [0.3, 0.4) is 0 Å². The van der Waals surface area contributed by atoms with Crippen LogP contribution in [0.15, 0.2) is 34.2 Å². The van der Waals surface area contributed by atoms with E-state index in [9.17, 15) is 29.4 Å². The lowest BCUT2D eigenvalue weighted by Gasteiger charge is -2.36. The molecular weight excluding hydrogens is 625 g/mol. The van der Waals surface area contributed by atoms with E-state index in [1.807, 2.05) is 23.6 Å². The van der Waals surface area contributed by atoms with Crippen molar-refractivity contribution in [3.05, 3.63) is 67.6 Å². The van der Waals surface area contributed by atoms with E-state index in [4.69, 9.17) is 5.11 Å². The number of aliphatic hydroxyl groups excluding tert-OH is 1. The van der Waals surface area contributed by atoms with Crippen molar-refractivity contribution in [2.45, 2.75) is 58.2 Å². The molecule has 1 aromatic carbocycles. The zero-order valence-electron chi connectivity index (χ0n) is 26.8. The van der Waals surface area contributed by atoms with E-state index < -0.39 is 28.6 Å². The molecule has 6 heterocycles. The number of halogens is 1. The van der Waals surface area contributed by atoms with E-state index in [1.54, 1.807) is 9.13 Å². The Kier molecular flexibility index (Phi) is 9.16. The summed E-state index contributed by atoms with van der Waals surface area (Å²) in [7, 11) is 0. The third-order valence-corrected chi connectivity index (χ3v) is 9.41. The van der Waals surface area contributed by atoms with Gasteiger partial charge in [-0.2, -0.15) is 4.98 Å². The normalized spacial score (nSPS) is 18.1. The summed E-state index contributed by atoms with van der Waals surface area (Å²) in [6.45, 7) is 8.81. The van der Waals surface area contributed by atoms with Crippen LogP contribution in [0, 0.1) is 5.82 Å². The Balaban J connectivity index is 0.000000170. The number of aryl methyl sites for hydroxylation is 2. The highest BCUT2D eigenvalue weighted by Gasteiger charge is 2.30. The zero-order valence-corrected chi connectivity index (χ0v) is 26.8. The standard InChI is InChI=1S/C19H21FN2O4.C14H17N5O3/c1-10-2-3-12-16-13(18(24)14(19(25)26)9-22(10)16)8-15(20)17(12)21-6-4-11(23)5-7-21;1-2-18-8-10(13(21)22)11(20)9-7-16-14(17-12(9)18)19-5-3-15-4-6-19/h8-11,23H,2-7H2,1H3,(H,25,26);7-8,15H,2-6H2,1H3,(H,21,22). The lowest BCUT2D eigenvalue weighted by Crippen LogP contribution is -2.44. The lowest BCUT2D eigenvalue weighted by molar-refractivity contribution is 0.0684. The lowest BCUT2D eigenvalue weighted by atomic mass is 9.93. The maximum Gasteiger partial charge on any atom is 0.341 e. The summed E-state index contributed by atoms with van der Waals surface area (Å²) < 4.78 is 18.5. The number of piperazine rings is 1. The summed E-state index contributed by atoms with van der Waals surface area (Å²) in [5.74, 6) is -2.46. The Morgan fingerprint density at radius 3 is 2.25 bits per heavy atom. The quantitative estimate of drug-likeness (QED) is 0.245. The maximum atomic E-state index is 15.0. The topological polar surface area (TPSA) is 183 Å². The van der Waals surface area contributed by atoms with E-state index in [2.05, 4.69) is 15.3 Å². The van der Waals surface area contributed by atoms with Gasteiger partial charge < -0.3 is 39.6 Å². The molecule has 0 spiro atoms. The predicted octanol–water partition coefficient (Wildman–Crippen LogP) is 2.23. The number of pyridine rings is 2. The molecule has 4 aromatic rings. The highest BCUT2D eigenvalue weighted by molar-refractivity contribution is 5.95. The van der Waals surface area contributed by atoms with Crippen LogP contribution in [0.1, 0.15) is 65.4 Å². The second-order valence-electron chi connectivity index (χ2n) is 12.4. The van der Waals surface area contributed by atoms with Crippen molar-refractivity contribution in [3.8, 4) is 0 Å². The summed E-state index contributed by atoms with van der Waals surface area (Å²) in [5, 5.41) is 31.8. The van der Waals surface area contributed by atoms with Crippen LogP contribution in [0.4, 0.5) is 16.0 Å². The average Bonchev–Trinajstić information content (AvgIpc) is 3.08. The van der Waals surface area contributed by atoms with Crippen molar-refractivity contribution in [1.29, 1.82) is 0 Å². The Labute approximate surface area is 274 Å². The van der Waals surface area contributed by atoms with Gasteiger partial charge in [0.2, 0.25) is 16.8 Å². The Bertz CT molecular complexity index is 2030. The number of carbonyl (C=O) groups is 2. The first-order chi connectivity index (χ1) is 23.0. The van der Waals surface area contributed by atoms with E-state index in [1.165, 1.54) is 24.7 Å². The molecule has 254 valence electrons. The summed E-state index contributed by atoms with van der Waals surface area (Å²) in [5.41, 5.74) is 0.606. The van der Waals surface area contributed by atoms with E-state index in [-0.39, 0.29) is 34.0 Å². The second kappa shape index (κ2) is 13.3. The monoisotopic (exact) mass is 663 g/mol. The van der Waals surface area contributed by atoms with Crippen molar-refractivity contribution in [2.75, 3.05) is 49.1 Å². The van der Waals surface area contributed by atoms with Crippen LogP contribution in [0.25, 0.3) is 21.9 Å². The van der Waals surface area contributed by atoms with Crippen LogP contribution in [0.2, 0.25) is 0 Å². The Morgan fingerprint density at radius 1 is 0.958 bits per heavy atom. The molecule has 0 radical (unpaired) electrons. The molecule has 7 rings (SSSR count). The third kappa shape index (κ3) is 5.99. The molecule has 2 saturated heterocycles. The number of rotatable bonds is 5. The summed E-state index contributed by atoms with van der Waals surface area (Å²) in [6, 6.07) is 1.22. The molecule has 15 heteroatoms. The first kappa shape index (κ1) is 33.0. The molecule has 3 aliphatic rings. The number of aliphatic hydroxyl groups is 1. The average molecular weight is 664 g/mol. The van der Waals surface area contributed by atoms with Gasteiger partial charge in [0.05, 0.1) is 22.7 Å². The Hall–Kier alpha value is -4.89. The van der Waals surface area contributed by atoms with Gasteiger partial charge in [0.25, 0.3) is 0 Å². The minimum Gasteiger partial charge on any atom is -0.477 e. The van der Waals surface area contributed by atoms with E-state index in [0.29, 0.717) is 61.7 Å². The van der Waals surface area contributed by atoms with Gasteiger partial charge in [-0.3, -0.25) is 9.59 Å². The largest absolute Gasteiger partial charge is 0.477 e. The molecule has 3 aromatic heterocycles. The molecule has 2 fully saturated rings. The van der Waals surface area contributed by atoms with Crippen molar-refractivity contribution in [2.24, 2.45) is 0 Å². The first-order valence-corrected chi connectivity index (χ1v) is 16.2. The number of fused-ring (bicyclic) bond motifs is 1. The Morgan fingerprint density at radius 2 is 1.60 bits per heavy atom. The highest BCUT2D eigenvalue weighted by Crippen LogP contribution is 2.38. The number of aromatic nitrogens is 4. The number of hydrogen-bond donors (Lipinski definition) is 4. The molecule has 0 aliphatic carbocycles. The van der Waals surface area contributed by atoms with Gasteiger partial charge in [-0.15, -0.1) is 0 Å². The number of carboxylic acid groups (broad SMARTS) is 2. The van der Waals surface area contributed by atoms with Gasteiger partial charge in [-0.05, 0) is 45.6 Å². The molecule has 0 amide bonds. The molecule has 1 unspecified atom stereocenters. The number of carboxylic acids is 2. The molecule has 48 heavy (non-hydrogen) atoms. The van der Waals surface area contributed by atoms with Crippen molar-refractivity contribution in [1.82, 2.24) is 24.4 Å². The number of hydrogen-bond acceptors (Lipinski definition) is 10. The van der Waals surface area contributed by atoms with Gasteiger partial charge in [0.1, 0.15) is 22.6 Å². The van der Waals surface area contributed by atoms with E-state index >= 15 is 4.39 Å². The number of benzene rings is 1. The second-order valence-corrected chi connectivity index (χ2v) is 12.4. The first-order valence-electron chi connectivity index (χ1n) is 16.2. The molecular formula is C33H38FN7O7. The molecule has 4 N–H and O–H groups in total. The molecule has 0 saturated carbocycles. The highest BCUT2D eigenvalue weighted by atomic mass is 19.1. The van der Waals surface area contributed by atoms with Crippen molar-refractivity contribution < 1.29 is 29.3 Å². The van der Waals surface area contributed by atoms with Crippen LogP contribution in [0.5, 0.6) is 0 Å². The zero-order chi connectivity index (χ0) is 34.3. The van der Waals surface area contributed by atoms with Crippen LogP contribution >= 0.6 is 0 Å². The molecule has 14 nitrogen and oxygen atoms in total. The predicted molar refractivity (Wildman–Crippen MR) is 177 cm³/mol. The van der Waals surface area contributed by atoms with Gasteiger partial charge in [0, 0.05) is 81.4 Å². The van der Waals surface area contributed by atoms with Gasteiger partial charge in [0.15, 0.2) is 0 Å². The van der Waals surface area contributed by atoms with Crippen molar-refractivity contribution in [3.63, 3.8) is 0 Å². The van der Waals surface area contributed by atoms with Gasteiger partial charge in [-0.25, -0.2) is 19.0 Å². The van der Waals surface area contributed by atoms with E-state index in [0.717, 1.165) is 38.2 Å². The fraction of sp³-hybridized carbons (Fsp3) is 0.455. The number of aromatic carboxylic acids is 2. The fourth-order valence-electron chi connectivity index (χ4n) is 6.79. The van der Waals surface area contributed by atoms with Crippen LogP contribution in [-0.4, -0.2) is 91.7 Å². The SMILES string of the molecule is CC1CCc2c(N3CCC(O)CC3)c(F)cc3c(=O)c(C(=O)O)cn1c23.CCn1cc(C(=O)O)c(=O)c2cnc(N3CCNCC3)nc21. The van der Waals surface area contributed by atoms with Gasteiger partial charge in [-0.1, -0.05) is 0 Å². The number of anilines is 2. The number of nitrogens with one attached hydrogen (secondary N) is 1. The minimum atomic E-state index is -1.30. The fourth-order valence-corrected chi connectivity index (χ4v) is 6.79. The summed E-state index contributed by atoms with van der Waals surface area (Å²) in [6.07, 6.45) is 6.36. The van der Waals surface area contributed by atoms with Gasteiger partial charge >= 0.3 is 11.9 Å². The number of nitrogens with zero attached hydrogens (tertiary/aromatic N) is 6. The third-order valence-electron chi connectivity index (χ3n) is 9.41. The molecule has 0 bridgehead atoms. The summed E-state index contributed by atoms with van der Waals surface area (Å²) >= 11 is 0. The van der Waals surface area contributed by atoms with Crippen LogP contribution in [-0.2, 0) is 13.0 Å². The smallest absolute Gasteiger partial charge is 0.341 e. The summed E-state index contributed by atoms with van der Waals surface area (Å²) in [4.78, 5) is 60.2. The number of piperidine rings is 1. The maximum absolute atomic E-state index is 15.0. The van der Waals surface area contributed by atoms with Crippen LogP contribution < -0.4 is 26.0 Å².